The fourth-order valence-electron chi connectivity index (χ4n) is 1.60. The van der Waals surface area contributed by atoms with Gasteiger partial charge in [-0.3, -0.25) is 0 Å². The maximum absolute atomic E-state index is 11.3. The van der Waals surface area contributed by atoms with E-state index < -0.39 is 14.5 Å². The van der Waals surface area contributed by atoms with Gasteiger partial charge < -0.3 is 14.3 Å². The first-order chi connectivity index (χ1) is 8.83. The molecule has 0 amide bonds. The molecule has 0 aliphatic heterocycles. The Hall–Kier alpha value is -1.43. The van der Waals surface area contributed by atoms with Crippen LogP contribution < -0.4 is 5.19 Å². The fraction of sp³-hybridized carbons (Fsp3) is 0.357. The third-order valence-electron chi connectivity index (χ3n) is 2.79. The highest BCUT2D eigenvalue weighted by Gasteiger charge is 2.32. The Morgan fingerprint density at radius 2 is 1.95 bits per heavy atom. The lowest BCUT2D eigenvalue weighted by Gasteiger charge is -2.20. The number of benzene rings is 1. The van der Waals surface area contributed by atoms with Gasteiger partial charge in [-0.05, 0) is 31.5 Å². The molecular weight excluding hydrogens is 260 g/mol. The van der Waals surface area contributed by atoms with Gasteiger partial charge in [0, 0.05) is 5.57 Å². The van der Waals surface area contributed by atoms with Gasteiger partial charge in [0.15, 0.2) is 0 Å². The van der Waals surface area contributed by atoms with Crippen LogP contribution >= 0.6 is 0 Å². The Kier molecular flexibility index (Phi) is 5.47. The zero-order valence-corrected chi connectivity index (χ0v) is 12.3. The van der Waals surface area contributed by atoms with Crippen molar-refractivity contribution in [2.24, 2.45) is 0 Å². The summed E-state index contributed by atoms with van der Waals surface area (Å²) >= 11 is 0. The predicted molar refractivity (Wildman–Crippen MR) is 76.1 cm³/mol. The van der Waals surface area contributed by atoms with Crippen molar-refractivity contribution in [3.8, 4) is 0 Å². The van der Waals surface area contributed by atoms with Crippen molar-refractivity contribution in [3.05, 3.63) is 42.5 Å². The van der Waals surface area contributed by atoms with Crippen LogP contribution in [0.25, 0.3) is 0 Å². The first kappa shape index (κ1) is 15.6. The second kappa shape index (κ2) is 6.65. The summed E-state index contributed by atoms with van der Waals surface area (Å²) in [6, 6.07) is 9.00. The van der Waals surface area contributed by atoms with Crippen LogP contribution in [-0.4, -0.2) is 30.2 Å². The maximum Gasteiger partial charge on any atom is 0.367 e. The first-order valence-electron chi connectivity index (χ1n) is 6.19. The van der Waals surface area contributed by atoms with Crippen LogP contribution in [0.3, 0.4) is 0 Å². The summed E-state index contributed by atoms with van der Waals surface area (Å²) < 4.78 is 5.10. The van der Waals surface area contributed by atoms with Crippen LogP contribution in [0.1, 0.15) is 20.3 Å². The van der Waals surface area contributed by atoms with E-state index in [-0.39, 0.29) is 12.1 Å². The second-order valence-electron chi connectivity index (χ2n) is 4.72. The number of hydrogen-bond donors (Lipinski definition) is 2. The van der Waals surface area contributed by atoms with Gasteiger partial charge in [0.2, 0.25) is 0 Å². The smallest absolute Gasteiger partial charge is 0.367 e. The van der Waals surface area contributed by atoms with Crippen LogP contribution in [0.15, 0.2) is 42.5 Å². The van der Waals surface area contributed by atoms with Gasteiger partial charge in [-0.2, -0.15) is 0 Å². The Morgan fingerprint density at radius 1 is 1.37 bits per heavy atom. The van der Waals surface area contributed by atoms with E-state index in [1.807, 2.05) is 6.07 Å². The van der Waals surface area contributed by atoms with E-state index in [1.54, 1.807) is 38.1 Å². The minimum absolute atomic E-state index is 0.224. The summed E-state index contributed by atoms with van der Waals surface area (Å²) in [5, 5.41) is 0.563. The van der Waals surface area contributed by atoms with E-state index in [2.05, 4.69) is 6.58 Å². The van der Waals surface area contributed by atoms with Gasteiger partial charge in [-0.1, -0.05) is 36.9 Å². The van der Waals surface area contributed by atoms with Crippen LogP contribution in [0.5, 0.6) is 0 Å². The summed E-state index contributed by atoms with van der Waals surface area (Å²) in [4.78, 5) is 31.5. The summed E-state index contributed by atoms with van der Waals surface area (Å²) in [7, 11) is -3.43. The van der Waals surface area contributed by atoms with Crippen LogP contribution in [-0.2, 0) is 9.53 Å². The molecule has 0 saturated carbocycles. The number of hydrogen-bond acceptors (Lipinski definition) is 4. The molecule has 0 heterocycles. The number of carbonyl (C=O) groups excluding carboxylic acids is 1. The van der Waals surface area contributed by atoms with Gasteiger partial charge in [0.1, 0.15) is 0 Å². The SMILES string of the molecule is C=C(C)C(=O)OC(C)CC[Si](O)(O)c1ccccc1. The topological polar surface area (TPSA) is 66.8 Å². The first-order valence-corrected chi connectivity index (χ1v) is 8.30. The molecule has 0 spiro atoms. The standard InChI is InChI=1S/C14H20O4Si/c1-11(2)14(15)18-12(3)9-10-19(16,17)13-7-5-4-6-8-13/h4-8,12,16-17H,1,9-10H2,2-3H3. The molecule has 1 aromatic carbocycles. The minimum Gasteiger partial charge on any atom is -0.459 e. The van der Waals surface area contributed by atoms with Crippen molar-refractivity contribution in [1.82, 2.24) is 0 Å². The van der Waals surface area contributed by atoms with E-state index in [9.17, 15) is 14.4 Å². The average Bonchev–Trinajstić information content (AvgIpc) is 2.37. The zero-order chi connectivity index (χ0) is 14.5. The molecule has 0 aromatic heterocycles. The summed E-state index contributed by atoms with van der Waals surface area (Å²) in [6.45, 7) is 6.81. The van der Waals surface area contributed by atoms with Crippen molar-refractivity contribution in [3.63, 3.8) is 0 Å². The summed E-state index contributed by atoms with van der Waals surface area (Å²) in [6.07, 6.45) is 0.0479. The quantitative estimate of drug-likeness (QED) is 0.467. The van der Waals surface area contributed by atoms with Gasteiger partial charge in [-0.25, -0.2) is 4.79 Å². The summed E-state index contributed by atoms with van der Waals surface area (Å²) in [5.41, 5.74) is 0.339. The predicted octanol–water partition coefficient (Wildman–Crippen LogP) is 1.22. The van der Waals surface area contributed by atoms with Crippen LogP contribution in [0, 0.1) is 0 Å². The van der Waals surface area contributed by atoms with E-state index in [0.29, 0.717) is 17.2 Å². The van der Waals surface area contributed by atoms with Gasteiger partial charge in [0.25, 0.3) is 0 Å². The lowest BCUT2D eigenvalue weighted by Crippen LogP contribution is -2.48. The highest BCUT2D eigenvalue weighted by Crippen LogP contribution is 2.12. The van der Waals surface area contributed by atoms with Crippen molar-refractivity contribution in [2.75, 3.05) is 0 Å². The molecule has 2 N–H and O–H groups in total. The number of esters is 1. The Bertz CT molecular complexity index is 442. The average molecular weight is 280 g/mol. The highest BCUT2D eigenvalue weighted by molar-refractivity contribution is 6.78. The van der Waals surface area contributed by atoms with Gasteiger partial charge in [0.05, 0.1) is 6.10 Å². The van der Waals surface area contributed by atoms with E-state index >= 15 is 0 Å². The number of ether oxygens (including phenoxy) is 1. The van der Waals surface area contributed by atoms with E-state index in [0.717, 1.165) is 0 Å². The monoisotopic (exact) mass is 280 g/mol. The molecule has 0 aliphatic rings. The Balaban J connectivity index is 2.52. The van der Waals surface area contributed by atoms with Crippen molar-refractivity contribution in [1.29, 1.82) is 0 Å². The van der Waals surface area contributed by atoms with Gasteiger partial charge >= 0.3 is 14.5 Å². The molecule has 0 radical (unpaired) electrons. The second-order valence-corrected chi connectivity index (χ2v) is 7.43. The number of rotatable bonds is 6. The molecule has 1 rings (SSSR count). The fourth-order valence-corrected chi connectivity index (χ4v) is 3.42. The molecule has 0 bridgehead atoms. The van der Waals surface area contributed by atoms with Gasteiger partial charge in [-0.15, -0.1) is 0 Å². The Morgan fingerprint density at radius 3 is 2.47 bits per heavy atom. The third-order valence-corrected chi connectivity index (χ3v) is 5.04. The lowest BCUT2D eigenvalue weighted by molar-refractivity contribution is -0.143. The van der Waals surface area contributed by atoms with Crippen molar-refractivity contribution >= 4 is 19.7 Å². The molecule has 0 aliphatic carbocycles. The maximum atomic E-state index is 11.3. The minimum atomic E-state index is -3.43. The van der Waals surface area contributed by atoms with Crippen LogP contribution in [0.2, 0.25) is 6.04 Å². The Labute approximate surface area is 114 Å². The zero-order valence-electron chi connectivity index (χ0n) is 11.3. The third kappa shape index (κ3) is 4.98. The molecule has 1 unspecified atom stereocenters. The molecule has 5 heteroatoms. The molecule has 0 fully saturated rings. The van der Waals surface area contributed by atoms with E-state index in [4.69, 9.17) is 4.74 Å². The molecule has 19 heavy (non-hydrogen) atoms. The highest BCUT2D eigenvalue weighted by atomic mass is 28.4. The van der Waals surface area contributed by atoms with Crippen molar-refractivity contribution in [2.45, 2.75) is 32.4 Å². The molecule has 104 valence electrons. The molecule has 4 nitrogen and oxygen atoms in total. The molecule has 0 saturated heterocycles. The normalized spacial score (nSPS) is 12.8. The molecular formula is C14H20O4Si. The lowest BCUT2D eigenvalue weighted by atomic mass is 10.3. The van der Waals surface area contributed by atoms with E-state index in [1.165, 1.54) is 0 Å². The summed E-state index contributed by atoms with van der Waals surface area (Å²) in [5.74, 6) is -0.449. The largest absolute Gasteiger partial charge is 0.459 e. The molecule has 1 atom stereocenters. The number of carbonyl (C=O) groups is 1. The molecule has 1 aromatic rings. The van der Waals surface area contributed by atoms with Crippen molar-refractivity contribution < 1.29 is 19.1 Å². The van der Waals surface area contributed by atoms with Crippen LogP contribution in [0.4, 0.5) is 0 Å².